The molecule has 4 heteroatoms. The molecule has 1 aromatic carbocycles. The van der Waals surface area contributed by atoms with E-state index in [0.29, 0.717) is 6.42 Å². The van der Waals surface area contributed by atoms with Crippen molar-refractivity contribution >= 4 is 18.0 Å². The van der Waals surface area contributed by atoms with Crippen molar-refractivity contribution in [1.82, 2.24) is 0 Å². The fraction of sp³-hybridized carbons (Fsp3) is 0.368. The maximum absolute atomic E-state index is 12.1. The molecule has 0 aliphatic heterocycles. The molecule has 0 saturated heterocycles. The molecular formula is C19H24O4. The molecule has 1 aromatic rings. The molecule has 0 aromatic heterocycles. The zero-order valence-corrected chi connectivity index (χ0v) is 13.9. The van der Waals surface area contributed by atoms with Crippen LogP contribution in [0.5, 0.6) is 0 Å². The van der Waals surface area contributed by atoms with Crippen molar-refractivity contribution < 1.29 is 19.1 Å². The van der Waals surface area contributed by atoms with Crippen LogP contribution in [0.1, 0.15) is 32.8 Å². The molecule has 0 heterocycles. The summed E-state index contributed by atoms with van der Waals surface area (Å²) >= 11 is 0. The Kier molecular flexibility index (Phi) is 7.81. The van der Waals surface area contributed by atoms with E-state index >= 15 is 0 Å². The van der Waals surface area contributed by atoms with Crippen LogP contribution in [-0.2, 0) is 19.1 Å². The topological polar surface area (TPSA) is 52.6 Å². The molecule has 0 radical (unpaired) electrons. The standard InChI is InChI=1S/C19H24O4/c1-5-9-17(19(21)22-14(2)3)15(4)23-18(20)13-12-16-10-7-6-8-11-16/h5-8,10-15,17H,1,9H2,2-4H3/b13-12+. The Hall–Kier alpha value is -2.36. The average Bonchev–Trinajstić information content (AvgIpc) is 2.50. The second-order valence-corrected chi connectivity index (χ2v) is 5.50. The molecule has 0 saturated carbocycles. The van der Waals surface area contributed by atoms with Gasteiger partial charge in [0.15, 0.2) is 0 Å². The van der Waals surface area contributed by atoms with E-state index in [4.69, 9.17) is 9.47 Å². The number of benzene rings is 1. The molecule has 1 rings (SSSR count). The summed E-state index contributed by atoms with van der Waals surface area (Å²) in [5.41, 5.74) is 0.902. The first kappa shape index (κ1) is 18.7. The molecule has 4 nitrogen and oxygen atoms in total. The summed E-state index contributed by atoms with van der Waals surface area (Å²) in [5.74, 6) is -1.43. The number of esters is 2. The first-order valence-corrected chi connectivity index (χ1v) is 7.69. The molecule has 0 N–H and O–H groups in total. The van der Waals surface area contributed by atoms with Gasteiger partial charge in [-0.05, 0) is 38.8 Å². The second-order valence-electron chi connectivity index (χ2n) is 5.50. The lowest BCUT2D eigenvalue weighted by Crippen LogP contribution is -2.32. The van der Waals surface area contributed by atoms with Crippen LogP contribution >= 0.6 is 0 Å². The molecule has 2 atom stereocenters. The number of rotatable bonds is 8. The van der Waals surface area contributed by atoms with Crippen molar-refractivity contribution in [3.63, 3.8) is 0 Å². The minimum atomic E-state index is -0.591. The lowest BCUT2D eigenvalue weighted by Gasteiger charge is -2.22. The first-order valence-electron chi connectivity index (χ1n) is 7.69. The van der Waals surface area contributed by atoms with Crippen molar-refractivity contribution in [2.45, 2.75) is 39.4 Å². The smallest absolute Gasteiger partial charge is 0.331 e. The number of hydrogen-bond donors (Lipinski definition) is 0. The largest absolute Gasteiger partial charge is 0.463 e. The summed E-state index contributed by atoms with van der Waals surface area (Å²) in [4.78, 5) is 24.0. The van der Waals surface area contributed by atoms with Gasteiger partial charge >= 0.3 is 11.9 Å². The van der Waals surface area contributed by atoms with Crippen LogP contribution < -0.4 is 0 Å². The van der Waals surface area contributed by atoms with Gasteiger partial charge in [-0.1, -0.05) is 36.4 Å². The van der Waals surface area contributed by atoms with Crippen LogP contribution in [0.25, 0.3) is 6.08 Å². The van der Waals surface area contributed by atoms with E-state index in [1.807, 2.05) is 30.3 Å². The Bertz CT molecular complexity index is 546. The van der Waals surface area contributed by atoms with Gasteiger partial charge in [-0.2, -0.15) is 0 Å². The predicted molar refractivity (Wildman–Crippen MR) is 90.6 cm³/mol. The molecule has 0 fully saturated rings. The van der Waals surface area contributed by atoms with E-state index in [-0.39, 0.29) is 12.1 Å². The number of hydrogen-bond acceptors (Lipinski definition) is 4. The third kappa shape index (κ3) is 6.96. The fourth-order valence-corrected chi connectivity index (χ4v) is 2.01. The summed E-state index contributed by atoms with van der Waals surface area (Å²) in [6.45, 7) is 8.88. The highest BCUT2D eigenvalue weighted by Gasteiger charge is 2.28. The summed E-state index contributed by atoms with van der Waals surface area (Å²) in [6, 6.07) is 9.44. The zero-order valence-electron chi connectivity index (χ0n) is 13.9. The van der Waals surface area contributed by atoms with Gasteiger partial charge in [0, 0.05) is 6.08 Å². The highest BCUT2D eigenvalue weighted by atomic mass is 16.6. The average molecular weight is 316 g/mol. The van der Waals surface area contributed by atoms with Gasteiger partial charge in [0.25, 0.3) is 0 Å². The number of ether oxygens (including phenoxy) is 2. The lowest BCUT2D eigenvalue weighted by molar-refractivity contribution is -0.160. The molecule has 0 bridgehead atoms. The van der Waals surface area contributed by atoms with Crippen LogP contribution in [0, 0.1) is 5.92 Å². The molecule has 0 spiro atoms. The molecule has 23 heavy (non-hydrogen) atoms. The van der Waals surface area contributed by atoms with Gasteiger partial charge in [0.05, 0.1) is 12.0 Å². The minimum absolute atomic E-state index is 0.212. The quantitative estimate of drug-likeness (QED) is 0.416. The molecule has 2 unspecified atom stereocenters. The lowest BCUT2D eigenvalue weighted by atomic mass is 10.00. The van der Waals surface area contributed by atoms with E-state index in [0.717, 1.165) is 5.56 Å². The molecule has 0 aliphatic rings. The van der Waals surface area contributed by atoms with E-state index < -0.39 is 18.0 Å². The SMILES string of the molecule is C=CCC(C(=O)OC(C)C)C(C)OC(=O)/C=C/c1ccccc1. The van der Waals surface area contributed by atoms with Gasteiger partial charge in [-0.3, -0.25) is 4.79 Å². The van der Waals surface area contributed by atoms with E-state index in [1.54, 1.807) is 32.9 Å². The van der Waals surface area contributed by atoms with Crippen LogP contribution in [0.3, 0.4) is 0 Å². The second kappa shape index (κ2) is 9.62. The molecule has 0 aliphatic carbocycles. The normalized spacial score (nSPS) is 13.6. The monoisotopic (exact) mass is 316 g/mol. The summed E-state index contributed by atoms with van der Waals surface area (Å²) < 4.78 is 10.5. The minimum Gasteiger partial charge on any atom is -0.463 e. The van der Waals surface area contributed by atoms with Crippen molar-refractivity contribution in [3.05, 3.63) is 54.6 Å². The van der Waals surface area contributed by atoms with Crippen LogP contribution in [0.4, 0.5) is 0 Å². The van der Waals surface area contributed by atoms with Gasteiger partial charge in [0.1, 0.15) is 6.10 Å². The van der Waals surface area contributed by atoms with E-state index in [1.165, 1.54) is 6.08 Å². The molecule has 124 valence electrons. The Morgan fingerprint density at radius 3 is 2.35 bits per heavy atom. The molecule has 0 amide bonds. The predicted octanol–water partition coefficient (Wildman–Crippen LogP) is 3.78. The third-order valence-electron chi connectivity index (χ3n) is 3.16. The number of allylic oxidation sites excluding steroid dienone is 1. The summed E-state index contributed by atoms with van der Waals surface area (Å²) in [5, 5.41) is 0. The first-order chi connectivity index (χ1) is 10.9. The molecular weight excluding hydrogens is 292 g/mol. The summed E-state index contributed by atoms with van der Waals surface area (Å²) in [7, 11) is 0. The van der Waals surface area contributed by atoms with Crippen LogP contribution in [0.2, 0.25) is 0 Å². The van der Waals surface area contributed by atoms with Gasteiger partial charge in [-0.25, -0.2) is 4.79 Å². The Morgan fingerprint density at radius 2 is 1.78 bits per heavy atom. The summed E-state index contributed by atoms with van der Waals surface area (Å²) in [6.07, 6.45) is 4.23. The highest BCUT2D eigenvalue weighted by molar-refractivity contribution is 5.87. The number of carbonyl (C=O) groups excluding carboxylic acids is 2. The fourth-order valence-electron chi connectivity index (χ4n) is 2.01. The Labute approximate surface area is 137 Å². The van der Waals surface area contributed by atoms with Crippen molar-refractivity contribution in [2.24, 2.45) is 5.92 Å². The Morgan fingerprint density at radius 1 is 1.13 bits per heavy atom. The van der Waals surface area contributed by atoms with Gasteiger partial charge in [0.2, 0.25) is 0 Å². The van der Waals surface area contributed by atoms with E-state index in [9.17, 15) is 9.59 Å². The maximum atomic E-state index is 12.1. The highest BCUT2D eigenvalue weighted by Crippen LogP contribution is 2.17. The third-order valence-corrected chi connectivity index (χ3v) is 3.16. The van der Waals surface area contributed by atoms with Gasteiger partial charge < -0.3 is 9.47 Å². The zero-order chi connectivity index (χ0) is 17.2. The van der Waals surface area contributed by atoms with Crippen molar-refractivity contribution in [2.75, 3.05) is 0 Å². The number of carbonyl (C=O) groups is 2. The van der Waals surface area contributed by atoms with Gasteiger partial charge in [-0.15, -0.1) is 6.58 Å². The van der Waals surface area contributed by atoms with Crippen molar-refractivity contribution in [3.8, 4) is 0 Å². The van der Waals surface area contributed by atoms with Crippen LogP contribution in [-0.4, -0.2) is 24.1 Å². The Balaban J connectivity index is 2.64. The van der Waals surface area contributed by atoms with E-state index in [2.05, 4.69) is 6.58 Å². The van der Waals surface area contributed by atoms with Crippen molar-refractivity contribution in [1.29, 1.82) is 0 Å². The maximum Gasteiger partial charge on any atom is 0.331 e. The van der Waals surface area contributed by atoms with Crippen LogP contribution in [0.15, 0.2) is 49.1 Å².